The van der Waals surface area contributed by atoms with Gasteiger partial charge in [0.25, 0.3) is 11.6 Å². The summed E-state index contributed by atoms with van der Waals surface area (Å²) < 4.78 is 0. The Morgan fingerprint density at radius 2 is 1.74 bits per heavy atom. The lowest BCUT2D eigenvalue weighted by molar-refractivity contribution is -0.384. The standard InChI is InChI=1S/C16H16N4O3/c21-16(15-3-1-2-8-17-15)19-11-9-18(10-12-19)13-4-6-14(7-5-13)20(22)23/h1-8H,9-12H2. The summed E-state index contributed by atoms with van der Waals surface area (Å²) in [6.45, 7) is 2.59. The largest absolute Gasteiger partial charge is 0.368 e. The van der Waals surface area contributed by atoms with Crippen LogP contribution in [0.3, 0.4) is 0 Å². The van der Waals surface area contributed by atoms with Crippen LogP contribution in [0.25, 0.3) is 0 Å². The molecule has 0 N–H and O–H groups in total. The monoisotopic (exact) mass is 312 g/mol. The molecule has 23 heavy (non-hydrogen) atoms. The first-order valence-corrected chi connectivity index (χ1v) is 7.35. The number of carbonyl (C=O) groups is 1. The summed E-state index contributed by atoms with van der Waals surface area (Å²) in [6.07, 6.45) is 1.61. The van der Waals surface area contributed by atoms with Gasteiger partial charge in [-0.05, 0) is 24.3 Å². The van der Waals surface area contributed by atoms with Crippen LogP contribution in [0.2, 0.25) is 0 Å². The summed E-state index contributed by atoms with van der Waals surface area (Å²) in [7, 11) is 0. The molecule has 1 aliphatic rings. The third-order valence-corrected chi connectivity index (χ3v) is 3.88. The number of aromatic nitrogens is 1. The molecule has 1 aromatic carbocycles. The second kappa shape index (κ2) is 6.43. The van der Waals surface area contributed by atoms with E-state index in [-0.39, 0.29) is 11.6 Å². The topological polar surface area (TPSA) is 79.6 Å². The van der Waals surface area contributed by atoms with E-state index in [4.69, 9.17) is 0 Å². The molecule has 7 nitrogen and oxygen atoms in total. The Hall–Kier alpha value is -2.96. The number of nitro groups is 1. The quantitative estimate of drug-likeness (QED) is 0.639. The minimum atomic E-state index is -0.409. The summed E-state index contributed by atoms with van der Waals surface area (Å²) in [6, 6.07) is 11.8. The van der Waals surface area contributed by atoms with Crippen molar-refractivity contribution in [3.8, 4) is 0 Å². The molecule has 118 valence electrons. The number of hydrogen-bond donors (Lipinski definition) is 0. The second-order valence-corrected chi connectivity index (χ2v) is 5.27. The molecule has 2 heterocycles. The molecule has 3 rings (SSSR count). The van der Waals surface area contributed by atoms with Gasteiger partial charge in [0.05, 0.1) is 4.92 Å². The number of non-ortho nitro benzene ring substituents is 1. The molecule has 0 bridgehead atoms. The van der Waals surface area contributed by atoms with Crippen LogP contribution >= 0.6 is 0 Å². The van der Waals surface area contributed by atoms with Crippen molar-refractivity contribution in [3.63, 3.8) is 0 Å². The number of nitrogens with zero attached hydrogens (tertiary/aromatic N) is 4. The van der Waals surface area contributed by atoms with Gasteiger partial charge in [-0.3, -0.25) is 19.9 Å². The zero-order valence-electron chi connectivity index (χ0n) is 12.5. The molecule has 1 amide bonds. The Morgan fingerprint density at radius 3 is 2.30 bits per heavy atom. The van der Waals surface area contributed by atoms with Gasteiger partial charge < -0.3 is 9.80 Å². The highest BCUT2D eigenvalue weighted by molar-refractivity contribution is 5.92. The summed E-state index contributed by atoms with van der Waals surface area (Å²) in [4.78, 5) is 30.6. The second-order valence-electron chi connectivity index (χ2n) is 5.27. The van der Waals surface area contributed by atoms with E-state index in [2.05, 4.69) is 9.88 Å². The van der Waals surface area contributed by atoms with Crippen LogP contribution in [0.5, 0.6) is 0 Å². The number of anilines is 1. The highest BCUT2D eigenvalue weighted by Crippen LogP contribution is 2.21. The van der Waals surface area contributed by atoms with Gasteiger partial charge in [0.15, 0.2) is 0 Å². The number of hydrogen-bond acceptors (Lipinski definition) is 5. The summed E-state index contributed by atoms with van der Waals surface area (Å²) >= 11 is 0. The van der Waals surface area contributed by atoms with E-state index in [1.54, 1.807) is 41.4 Å². The van der Waals surface area contributed by atoms with Gasteiger partial charge in [0.2, 0.25) is 0 Å². The maximum absolute atomic E-state index is 12.3. The van der Waals surface area contributed by atoms with Crippen molar-refractivity contribution in [1.29, 1.82) is 0 Å². The van der Waals surface area contributed by atoms with Gasteiger partial charge in [0.1, 0.15) is 5.69 Å². The van der Waals surface area contributed by atoms with Gasteiger partial charge in [-0.2, -0.15) is 0 Å². The Balaban J connectivity index is 1.62. The van der Waals surface area contributed by atoms with E-state index in [9.17, 15) is 14.9 Å². The fourth-order valence-corrected chi connectivity index (χ4v) is 2.60. The number of nitro benzene ring substituents is 1. The smallest absolute Gasteiger partial charge is 0.272 e. The van der Waals surface area contributed by atoms with Crippen molar-refractivity contribution in [2.75, 3.05) is 31.1 Å². The molecule has 0 radical (unpaired) electrons. The molecule has 0 atom stereocenters. The molecule has 1 saturated heterocycles. The van der Waals surface area contributed by atoms with Gasteiger partial charge in [0, 0.05) is 50.2 Å². The molecule has 1 fully saturated rings. The van der Waals surface area contributed by atoms with Crippen LogP contribution in [0, 0.1) is 10.1 Å². The van der Waals surface area contributed by atoms with Gasteiger partial charge in [-0.15, -0.1) is 0 Å². The van der Waals surface area contributed by atoms with Crippen LogP contribution in [0.1, 0.15) is 10.5 Å². The third-order valence-electron chi connectivity index (χ3n) is 3.88. The van der Waals surface area contributed by atoms with Crippen molar-refractivity contribution in [2.45, 2.75) is 0 Å². The number of carbonyl (C=O) groups excluding carboxylic acids is 1. The molecule has 7 heteroatoms. The summed E-state index contributed by atoms with van der Waals surface area (Å²) in [5.74, 6) is -0.0612. The first-order chi connectivity index (χ1) is 11.1. The average molecular weight is 312 g/mol. The Bertz CT molecular complexity index is 695. The van der Waals surface area contributed by atoms with Crippen LogP contribution in [-0.4, -0.2) is 46.9 Å². The summed E-state index contributed by atoms with van der Waals surface area (Å²) in [5.41, 5.74) is 1.47. The Kier molecular flexibility index (Phi) is 4.18. The van der Waals surface area contributed by atoms with Crippen molar-refractivity contribution >= 4 is 17.3 Å². The number of benzene rings is 1. The van der Waals surface area contributed by atoms with E-state index < -0.39 is 4.92 Å². The lowest BCUT2D eigenvalue weighted by Gasteiger charge is -2.35. The minimum absolute atomic E-state index is 0.0612. The first-order valence-electron chi connectivity index (χ1n) is 7.35. The van der Waals surface area contributed by atoms with E-state index >= 15 is 0 Å². The molecule has 2 aromatic rings. The van der Waals surface area contributed by atoms with Crippen molar-refractivity contribution in [1.82, 2.24) is 9.88 Å². The average Bonchev–Trinajstić information content (AvgIpc) is 2.62. The zero-order chi connectivity index (χ0) is 16.2. The van der Waals surface area contributed by atoms with Crippen LogP contribution in [0.4, 0.5) is 11.4 Å². The fourth-order valence-electron chi connectivity index (χ4n) is 2.60. The maximum Gasteiger partial charge on any atom is 0.272 e. The van der Waals surface area contributed by atoms with Gasteiger partial charge in [-0.25, -0.2) is 0 Å². The lowest BCUT2D eigenvalue weighted by Crippen LogP contribution is -2.49. The van der Waals surface area contributed by atoms with Crippen molar-refractivity contribution in [2.24, 2.45) is 0 Å². The molecule has 0 unspecified atom stereocenters. The first kappa shape index (κ1) is 15.0. The molecule has 0 aliphatic carbocycles. The van der Waals surface area contributed by atoms with E-state index in [0.29, 0.717) is 31.9 Å². The lowest BCUT2D eigenvalue weighted by atomic mass is 10.2. The number of rotatable bonds is 3. The number of pyridine rings is 1. The van der Waals surface area contributed by atoms with E-state index in [1.165, 1.54) is 12.1 Å². The SMILES string of the molecule is O=C(c1ccccn1)N1CCN(c2ccc([N+](=O)[O-])cc2)CC1. The predicted octanol–water partition coefficient (Wildman–Crippen LogP) is 1.95. The minimum Gasteiger partial charge on any atom is -0.368 e. The van der Waals surface area contributed by atoms with Gasteiger partial charge >= 0.3 is 0 Å². The normalized spacial score (nSPS) is 14.6. The predicted molar refractivity (Wildman–Crippen MR) is 85.4 cm³/mol. The zero-order valence-corrected chi connectivity index (χ0v) is 12.5. The van der Waals surface area contributed by atoms with Crippen LogP contribution in [0.15, 0.2) is 48.7 Å². The Morgan fingerprint density at radius 1 is 1.04 bits per heavy atom. The van der Waals surface area contributed by atoms with E-state index in [1.807, 2.05) is 0 Å². The van der Waals surface area contributed by atoms with Crippen LogP contribution in [-0.2, 0) is 0 Å². The molecule has 0 saturated carbocycles. The number of piperazine rings is 1. The fraction of sp³-hybridized carbons (Fsp3) is 0.250. The van der Waals surface area contributed by atoms with E-state index in [0.717, 1.165) is 5.69 Å². The van der Waals surface area contributed by atoms with Gasteiger partial charge in [-0.1, -0.05) is 6.07 Å². The Labute approximate surface area is 133 Å². The molecular weight excluding hydrogens is 296 g/mol. The molecule has 1 aliphatic heterocycles. The molecule has 1 aromatic heterocycles. The maximum atomic E-state index is 12.3. The van der Waals surface area contributed by atoms with Crippen molar-refractivity contribution in [3.05, 3.63) is 64.5 Å². The highest BCUT2D eigenvalue weighted by atomic mass is 16.6. The highest BCUT2D eigenvalue weighted by Gasteiger charge is 2.23. The summed E-state index contributed by atoms with van der Waals surface area (Å²) in [5, 5.41) is 10.7. The third kappa shape index (κ3) is 3.28. The van der Waals surface area contributed by atoms with Crippen molar-refractivity contribution < 1.29 is 9.72 Å². The molecule has 0 spiro atoms. The number of amides is 1. The molecular formula is C16H16N4O3. The van der Waals surface area contributed by atoms with Crippen LogP contribution < -0.4 is 4.90 Å².